The van der Waals surface area contributed by atoms with E-state index in [2.05, 4.69) is 56.2 Å². The molecule has 0 atom stereocenters. The van der Waals surface area contributed by atoms with E-state index in [1.54, 1.807) is 0 Å². The molecule has 2 aromatic carbocycles. The fraction of sp³-hybridized carbons (Fsp3) is 0.286. The van der Waals surface area contributed by atoms with Crippen molar-refractivity contribution >= 4 is 35.0 Å². The first kappa shape index (κ1) is 18.6. The van der Waals surface area contributed by atoms with Crippen LogP contribution >= 0.6 is 11.8 Å². The zero-order valence-electron chi connectivity index (χ0n) is 16.3. The van der Waals surface area contributed by atoms with E-state index in [4.69, 9.17) is 0 Å². The molecule has 0 saturated carbocycles. The summed E-state index contributed by atoms with van der Waals surface area (Å²) in [4.78, 5) is 14.5. The first-order chi connectivity index (χ1) is 13.5. The van der Waals surface area contributed by atoms with Crippen LogP contribution in [0.4, 0.5) is 17.3 Å². The van der Waals surface area contributed by atoms with Crippen LogP contribution < -0.4 is 10.2 Å². The minimum Gasteiger partial charge on any atom is -0.325 e. The van der Waals surface area contributed by atoms with Gasteiger partial charge in [0.25, 0.3) is 0 Å². The Bertz CT molecular complexity index is 1010. The van der Waals surface area contributed by atoms with E-state index >= 15 is 0 Å². The van der Waals surface area contributed by atoms with Gasteiger partial charge >= 0.3 is 0 Å². The number of rotatable bonds is 5. The first-order valence-electron chi connectivity index (χ1n) is 9.29. The molecule has 3 aromatic rings. The molecule has 0 fully saturated rings. The van der Waals surface area contributed by atoms with Crippen molar-refractivity contribution in [3.05, 3.63) is 59.2 Å². The number of nitrogens with zero attached hydrogens (tertiary/aromatic N) is 4. The minimum absolute atomic E-state index is 0.0376. The van der Waals surface area contributed by atoms with Gasteiger partial charge in [-0.2, -0.15) is 0 Å². The number of fused-ring (bicyclic) bond motifs is 1. The van der Waals surface area contributed by atoms with E-state index < -0.39 is 0 Å². The molecule has 144 valence electrons. The maximum Gasteiger partial charge on any atom is 0.234 e. The summed E-state index contributed by atoms with van der Waals surface area (Å²) in [5.41, 5.74) is 5.47. The van der Waals surface area contributed by atoms with Gasteiger partial charge in [-0.1, -0.05) is 41.6 Å². The van der Waals surface area contributed by atoms with Crippen molar-refractivity contribution in [2.75, 3.05) is 22.5 Å². The third kappa shape index (κ3) is 3.62. The Morgan fingerprint density at radius 1 is 1.07 bits per heavy atom. The Hall–Kier alpha value is -2.80. The van der Waals surface area contributed by atoms with Gasteiger partial charge < -0.3 is 10.2 Å². The number of hydrogen-bond donors (Lipinski definition) is 1. The highest BCUT2D eigenvalue weighted by atomic mass is 32.2. The van der Waals surface area contributed by atoms with Crippen LogP contribution in [0.15, 0.2) is 47.6 Å². The largest absolute Gasteiger partial charge is 0.325 e. The normalized spacial score (nSPS) is 12.9. The Labute approximate surface area is 169 Å². The highest BCUT2D eigenvalue weighted by Gasteiger charge is 2.26. The maximum atomic E-state index is 12.4. The molecule has 1 aliphatic heterocycles. The fourth-order valence-corrected chi connectivity index (χ4v) is 4.02. The summed E-state index contributed by atoms with van der Waals surface area (Å²) in [6.45, 7) is 7.81. The van der Waals surface area contributed by atoms with Crippen LogP contribution in [0.1, 0.15) is 16.7 Å². The van der Waals surface area contributed by atoms with Gasteiger partial charge in [-0.25, -0.2) is 0 Å². The maximum absolute atomic E-state index is 12.4. The highest BCUT2D eigenvalue weighted by molar-refractivity contribution is 7.99. The smallest absolute Gasteiger partial charge is 0.234 e. The van der Waals surface area contributed by atoms with E-state index in [1.807, 2.05) is 32.0 Å². The Morgan fingerprint density at radius 3 is 2.64 bits per heavy atom. The number of carbonyl (C=O) groups is 1. The summed E-state index contributed by atoms with van der Waals surface area (Å²) < 4.78 is 2.08. The van der Waals surface area contributed by atoms with Crippen LogP contribution in [0, 0.1) is 20.8 Å². The van der Waals surface area contributed by atoms with E-state index in [0.29, 0.717) is 5.75 Å². The lowest BCUT2D eigenvalue weighted by Crippen LogP contribution is -2.15. The molecule has 1 amide bonds. The number of aryl methyl sites for hydroxylation is 2. The SMILES string of the molecule is Cc1ccc(N2CCn3c(SCC(=O)Nc4cccc(C)c4C)nnc32)cc1. The molecule has 1 aromatic heterocycles. The van der Waals surface area contributed by atoms with E-state index in [9.17, 15) is 4.79 Å². The number of nitrogens with one attached hydrogen (secondary N) is 1. The van der Waals surface area contributed by atoms with Gasteiger partial charge in [0.05, 0.1) is 5.75 Å². The lowest BCUT2D eigenvalue weighted by Gasteiger charge is -2.15. The van der Waals surface area contributed by atoms with Gasteiger partial charge in [-0.3, -0.25) is 9.36 Å². The number of carbonyl (C=O) groups excluding carboxylic acids is 1. The number of aromatic nitrogens is 3. The molecule has 7 heteroatoms. The zero-order valence-corrected chi connectivity index (χ0v) is 17.1. The number of thioether (sulfide) groups is 1. The second-order valence-corrected chi connectivity index (χ2v) is 7.95. The number of benzene rings is 2. The first-order valence-corrected chi connectivity index (χ1v) is 10.3. The van der Waals surface area contributed by atoms with Crippen molar-refractivity contribution in [1.29, 1.82) is 0 Å². The molecule has 0 spiro atoms. The molecule has 1 N–H and O–H groups in total. The minimum atomic E-state index is -0.0376. The molecule has 4 rings (SSSR count). The molecule has 1 aliphatic rings. The van der Waals surface area contributed by atoms with Crippen LogP contribution in [-0.4, -0.2) is 33.0 Å². The Kier molecular flexibility index (Phi) is 5.09. The summed E-state index contributed by atoms with van der Waals surface area (Å²) in [5.74, 6) is 1.10. The topological polar surface area (TPSA) is 63.1 Å². The van der Waals surface area contributed by atoms with Gasteiger partial charge in [0.2, 0.25) is 11.9 Å². The van der Waals surface area contributed by atoms with Crippen molar-refractivity contribution in [2.45, 2.75) is 32.5 Å². The number of anilines is 3. The molecule has 2 heterocycles. The van der Waals surface area contributed by atoms with Crippen molar-refractivity contribution in [2.24, 2.45) is 0 Å². The summed E-state index contributed by atoms with van der Waals surface area (Å²) in [6, 6.07) is 14.3. The molecule has 0 unspecified atom stereocenters. The fourth-order valence-electron chi connectivity index (χ4n) is 3.26. The molecule has 0 saturated heterocycles. The van der Waals surface area contributed by atoms with Crippen LogP contribution in [0.25, 0.3) is 0 Å². The molecule has 0 aliphatic carbocycles. The van der Waals surface area contributed by atoms with Gasteiger partial charge in [0.15, 0.2) is 5.16 Å². The Balaban J connectivity index is 1.42. The molecule has 6 nitrogen and oxygen atoms in total. The van der Waals surface area contributed by atoms with E-state index in [0.717, 1.165) is 46.7 Å². The van der Waals surface area contributed by atoms with Gasteiger partial charge in [0.1, 0.15) is 0 Å². The van der Waals surface area contributed by atoms with Gasteiger partial charge in [-0.15, -0.1) is 10.2 Å². The number of amides is 1. The van der Waals surface area contributed by atoms with Crippen LogP contribution in [0.5, 0.6) is 0 Å². The molecule has 0 bridgehead atoms. The van der Waals surface area contributed by atoms with Crippen molar-refractivity contribution < 1.29 is 4.79 Å². The lowest BCUT2D eigenvalue weighted by atomic mass is 10.1. The molecule has 0 radical (unpaired) electrons. The second kappa shape index (κ2) is 7.67. The van der Waals surface area contributed by atoms with Crippen LogP contribution in [-0.2, 0) is 11.3 Å². The van der Waals surface area contributed by atoms with Crippen molar-refractivity contribution in [1.82, 2.24) is 14.8 Å². The number of hydrogen-bond acceptors (Lipinski definition) is 5. The van der Waals surface area contributed by atoms with Gasteiger partial charge in [-0.05, 0) is 50.1 Å². The molecular weight excluding hydrogens is 370 g/mol. The van der Waals surface area contributed by atoms with Crippen LogP contribution in [0.2, 0.25) is 0 Å². The highest BCUT2D eigenvalue weighted by Crippen LogP contribution is 2.32. The lowest BCUT2D eigenvalue weighted by molar-refractivity contribution is -0.113. The quantitative estimate of drug-likeness (QED) is 0.662. The standard InChI is InChI=1S/C21H23N5OS/c1-14-7-9-17(10-8-14)25-11-12-26-20(25)23-24-21(26)28-13-19(27)22-18-6-4-5-15(2)16(18)3/h4-10H,11-13H2,1-3H3,(H,22,27). The average molecular weight is 394 g/mol. The zero-order chi connectivity index (χ0) is 19.7. The van der Waals surface area contributed by atoms with Crippen molar-refractivity contribution in [3.8, 4) is 0 Å². The summed E-state index contributed by atoms with van der Waals surface area (Å²) in [6.07, 6.45) is 0. The van der Waals surface area contributed by atoms with E-state index in [1.165, 1.54) is 17.3 Å². The third-order valence-electron chi connectivity index (χ3n) is 5.04. The Morgan fingerprint density at radius 2 is 1.86 bits per heavy atom. The van der Waals surface area contributed by atoms with Crippen molar-refractivity contribution in [3.63, 3.8) is 0 Å². The molecular formula is C21H23N5OS. The second-order valence-electron chi connectivity index (χ2n) is 7.01. The summed E-state index contributed by atoms with van der Waals surface area (Å²) in [7, 11) is 0. The molecule has 28 heavy (non-hydrogen) atoms. The summed E-state index contributed by atoms with van der Waals surface area (Å²) >= 11 is 1.42. The predicted molar refractivity (Wildman–Crippen MR) is 113 cm³/mol. The predicted octanol–water partition coefficient (Wildman–Crippen LogP) is 4.09. The van der Waals surface area contributed by atoms with E-state index in [-0.39, 0.29) is 5.91 Å². The monoisotopic (exact) mass is 393 g/mol. The van der Waals surface area contributed by atoms with Gasteiger partial charge in [0, 0.05) is 24.5 Å². The van der Waals surface area contributed by atoms with Crippen LogP contribution in [0.3, 0.4) is 0 Å². The third-order valence-corrected chi connectivity index (χ3v) is 6.01. The average Bonchev–Trinajstić information content (AvgIpc) is 3.27. The summed E-state index contributed by atoms with van der Waals surface area (Å²) in [5, 5.41) is 12.4.